The molecule has 0 spiro atoms. The Morgan fingerprint density at radius 2 is 2.00 bits per heavy atom. The van der Waals surface area contributed by atoms with Gasteiger partial charge in [-0.05, 0) is 40.9 Å². The minimum atomic E-state index is -0.434. The summed E-state index contributed by atoms with van der Waals surface area (Å²) in [5.41, 5.74) is 2.60. The molecule has 0 aliphatic carbocycles. The molecule has 4 nitrogen and oxygen atoms in total. The van der Waals surface area contributed by atoms with Crippen LogP contribution in [0.3, 0.4) is 0 Å². The van der Waals surface area contributed by atoms with Gasteiger partial charge in [0, 0.05) is 10.7 Å². The number of rotatable bonds is 8. The molecular weight excluding hydrogens is 400 g/mol. The molecule has 0 aromatic heterocycles. The number of carbonyl (C=O) groups excluding carboxylic acids is 1. The summed E-state index contributed by atoms with van der Waals surface area (Å²) in [4.78, 5) is 11.9. The summed E-state index contributed by atoms with van der Waals surface area (Å²) in [7, 11) is 0. The first-order valence-corrected chi connectivity index (χ1v) is 8.64. The highest BCUT2D eigenvalue weighted by Crippen LogP contribution is 2.31. The monoisotopic (exact) mass is 418 g/mol. The van der Waals surface area contributed by atoms with Crippen molar-refractivity contribution in [2.75, 3.05) is 0 Å². The van der Waals surface area contributed by atoms with Crippen LogP contribution in [0.2, 0.25) is 0 Å². The zero-order valence-corrected chi connectivity index (χ0v) is 15.2. The summed E-state index contributed by atoms with van der Waals surface area (Å²) in [5, 5.41) is 13.7. The molecule has 0 saturated heterocycles. The van der Waals surface area contributed by atoms with E-state index in [9.17, 15) is 9.90 Å². The lowest BCUT2D eigenvalue weighted by molar-refractivity contribution is 0.0952. The van der Waals surface area contributed by atoms with Crippen molar-refractivity contribution >= 4 is 44.0 Å². The van der Waals surface area contributed by atoms with E-state index < -0.39 is 5.91 Å². The third-order valence-corrected chi connectivity index (χ3v) is 4.03. The van der Waals surface area contributed by atoms with Crippen LogP contribution in [0.15, 0.2) is 26.2 Å². The van der Waals surface area contributed by atoms with Gasteiger partial charge in [-0.2, -0.15) is 5.10 Å². The molecule has 1 amide bonds. The minimum Gasteiger partial charge on any atom is -0.506 e. The van der Waals surface area contributed by atoms with Gasteiger partial charge in [-0.15, -0.1) is 0 Å². The normalized spacial score (nSPS) is 11.0. The Morgan fingerprint density at radius 3 is 2.71 bits per heavy atom. The summed E-state index contributed by atoms with van der Waals surface area (Å²) < 4.78 is 1.17. The first-order chi connectivity index (χ1) is 10.1. The highest BCUT2D eigenvalue weighted by atomic mass is 79.9. The Balaban J connectivity index is 2.40. The van der Waals surface area contributed by atoms with Crippen LogP contribution in [-0.2, 0) is 0 Å². The number of aromatic hydroxyl groups is 1. The summed E-state index contributed by atoms with van der Waals surface area (Å²) in [5.74, 6) is -0.526. The van der Waals surface area contributed by atoms with Crippen LogP contribution in [-0.4, -0.2) is 17.2 Å². The van der Waals surface area contributed by atoms with E-state index in [0.717, 1.165) is 12.8 Å². The third kappa shape index (κ3) is 6.61. The number of phenols is 1. The number of phenolic OH excluding ortho intramolecular Hbond substituents is 1. The van der Waals surface area contributed by atoms with Gasteiger partial charge < -0.3 is 5.11 Å². The van der Waals surface area contributed by atoms with Crippen LogP contribution in [0.25, 0.3) is 0 Å². The zero-order chi connectivity index (χ0) is 15.7. The molecule has 0 heterocycles. The number of nitrogens with one attached hydrogen (secondary N) is 1. The number of halogens is 2. The number of benzene rings is 1. The van der Waals surface area contributed by atoms with E-state index in [1.807, 2.05) is 0 Å². The molecule has 6 heteroatoms. The molecule has 0 aliphatic heterocycles. The van der Waals surface area contributed by atoms with Crippen molar-refractivity contribution < 1.29 is 9.90 Å². The average molecular weight is 420 g/mol. The molecule has 21 heavy (non-hydrogen) atoms. The van der Waals surface area contributed by atoms with Gasteiger partial charge in [0.25, 0.3) is 5.91 Å². The topological polar surface area (TPSA) is 61.7 Å². The minimum absolute atomic E-state index is 0.0922. The van der Waals surface area contributed by atoms with E-state index in [0.29, 0.717) is 8.95 Å². The number of hydrazone groups is 1. The van der Waals surface area contributed by atoms with Gasteiger partial charge in [-0.25, -0.2) is 5.43 Å². The second-order valence-corrected chi connectivity index (χ2v) is 6.51. The Labute approximate surface area is 142 Å². The maximum Gasteiger partial charge on any atom is 0.275 e. The molecule has 0 unspecified atom stereocenters. The molecule has 0 saturated carbocycles. The maximum absolute atomic E-state index is 11.9. The quantitative estimate of drug-likeness (QED) is 0.354. The Morgan fingerprint density at radius 1 is 1.29 bits per heavy atom. The summed E-state index contributed by atoms with van der Waals surface area (Å²) in [6.45, 7) is 2.19. The summed E-state index contributed by atoms with van der Waals surface area (Å²) in [6, 6.07) is 3.22. The zero-order valence-electron chi connectivity index (χ0n) is 12.0. The Kier molecular flexibility index (Phi) is 8.61. The number of hydrogen-bond donors (Lipinski definition) is 2. The molecule has 0 radical (unpaired) electrons. The largest absolute Gasteiger partial charge is 0.506 e. The highest BCUT2D eigenvalue weighted by molar-refractivity contribution is 9.11. The van der Waals surface area contributed by atoms with Crippen LogP contribution < -0.4 is 5.43 Å². The van der Waals surface area contributed by atoms with Crippen molar-refractivity contribution in [2.24, 2.45) is 5.10 Å². The van der Waals surface area contributed by atoms with Crippen molar-refractivity contribution in [3.05, 3.63) is 26.6 Å². The lowest BCUT2D eigenvalue weighted by atomic mass is 10.1. The predicted molar refractivity (Wildman–Crippen MR) is 92.8 cm³/mol. The van der Waals surface area contributed by atoms with E-state index in [2.05, 4.69) is 49.3 Å². The molecule has 0 atom stereocenters. The number of carbonyl (C=O) groups is 1. The highest BCUT2D eigenvalue weighted by Gasteiger charge is 2.14. The fourth-order valence-electron chi connectivity index (χ4n) is 1.81. The molecular formula is C15H20Br2N2O2. The molecule has 1 aromatic rings. The van der Waals surface area contributed by atoms with Crippen molar-refractivity contribution in [3.8, 4) is 5.75 Å². The SMILES string of the molecule is CCCCCCC/C=N/NC(=O)c1cc(Br)cc(Br)c1O. The molecule has 2 N–H and O–H groups in total. The summed E-state index contributed by atoms with van der Waals surface area (Å²) in [6.07, 6.45) is 8.56. The molecule has 1 rings (SSSR count). The second-order valence-electron chi connectivity index (χ2n) is 4.74. The lowest BCUT2D eigenvalue weighted by Crippen LogP contribution is -2.17. The van der Waals surface area contributed by atoms with Crippen molar-refractivity contribution in [2.45, 2.75) is 45.4 Å². The van der Waals surface area contributed by atoms with Crippen molar-refractivity contribution in [3.63, 3.8) is 0 Å². The molecule has 1 aromatic carbocycles. The molecule has 0 fully saturated rings. The fourth-order valence-corrected chi connectivity index (χ4v) is 3.03. The van der Waals surface area contributed by atoms with Crippen molar-refractivity contribution in [1.82, 2.24) is 5.43 Å². The van der Waals surface area contributed by atoms with Crippen LogP contribution >= 0.6 is 31.9 Å². The fraction of sp³-hybridized carbons (Fsp3) is 0.467. The first kappa shape index (κ1) is 18.2. The van der Waals surface area contributed by atoms with E-state index in [4.69, 9.17) is 0 Å². The van der Waals surface area contributed by atoms with E-state index in [1.54, 1.807) is 18.3 Å². The second kappa shape index (κ2) is 9.95. The van der Waals surface area contributed by atoms with Gasteiger partial charge in [0.15, 0.2) is 0 Å². The smallest absolute Gasteiger partial charge is 0.275 e. The van der Waals surface area contributed by atoms with Gasteiger partial charge >= 0.3 is 0 Å². The number of amides is 1. The van der Waals surface area contributed by atoms with Gasteiger partial charge in [0.2, 0.25) is 0 Å². The number of nitrogens with zero attached hydrogens (tertiary/aromatic N) is 1. The summed E-state index contributed by atoms with van der Waals surface area (Å²) >= 11 is 6.47. The Hall–Kier alpha value is -0.880. The van der Waals surface area contributed by atoms with Gasteiger partial charge in [-0.3, -0.25) is 4.79 Å². The lowest BCUT2D eigenvalue weighted by Gasteiger charge is -2.05. The van der Waals surface area contributed by atoms with E-state index in [-0.39, 0.29) is 11.3 Å². The average Bonchev–Trinajstić information content (AvgIpc) is 2.45. The molecule has 116 valence electrons. The van der Waals surface area contributed by atoms with Crippen LogP contribution in [0.4, 0.5) is 0 Å². The van der Waals surface area contributed by atoms with E-state index >= 15 is 0 Å². The maximum atomic E-state index is 11.9. The molecule has 0 aliphatic rings. The number of hydrogen-bond acceptors (Lipinski definition) is 3. The van der Waals surface area contributed by atoms with Crippen LogP contribution in [0.1, 0.15) is 55.8 Å². The predicted octanol–water partition coefficient (Wildman–Crippen LogP) is 4.99. The van der Waals surface area contributed by atoms with Crippen LogP contribution in [0, 0.1) is 0 Å². The third-order valence-electron chi connectivity index (χ3n) is 2.97. The molecule has 0 bridgehead atoms. The van der Waals surface area contributed by atoms with Gasteiger partial charge in [-0.1, -0.05) is 48.5 Å². The standard InChI is InChI=1S/C15H20Br2N2O2/c1-2-3-4-5-6-7-8-18-19-15(21)12-9-11(16)10-13(17)14(12)20/h8-10,20H,2-7H2,1H3,(H,19,21)/b18-8+. The first-order valence-electron chi connectivity index (χ1n) is 7.06. The van der Waals surface area contributed by atoms with E-state index in [1.165, 1.54) is 25.7 Å². The van der Waals surface area contributed by atoms with Gasteiger partial charge in [0.1, 0.15) is 5.75 Å². The van der Waals surface area contributed by atoms with Gasteiger partial charge in [0.05, 0.1) is 10.0 Å². The van der Waals surface area contributed by atoms with Crippen molar-refractivity contribution in [1.29, 1.82) is 0 Å². The van der Waals surface area contributed by atoms with Crippen LogP contribution in [0.5, 0.6) is 5.75 Å². The number of unbranched alkanes of at least 4 members (excludes halogenated alkanes) is 5. The Bertz CT molecular complexity index is 505.